The molecule has 0 atom stereocenters. The van der Waals surface area contributed by atoms with Crippen LogP contribution in [0.15, 0.2) is 48.5 Å². The number of carbonyl (C=O) groups excluding carboxylic acids is 1. The Morgan fingerprint density at radius 2 is 1.62 bits per heavy atom. The largest absolute Gasteiger partial charge is 0.449 e. The molecule has 1 amide bonds. The van der Waals surface area contributed by atoms with Crippen molar-refractivity contribution in [3.05, 3.63) is 59.7 Å². The summed E-state index contributed by atoms with van der Waals surface area (Å²) in [5.41, 5.74) is 3.14. The van der Waals surface area contributed by atoms with E-state index in [4.69, 9.17) is 4.74 Å². The third-order valence-electron chi connectivity index (χ3n) is 4.88. The minimum Gasteiger partial charge on any atom is -0.449 e. The molecular weight excluding hydrogens is 354 g/mol. The van der Waals surface area contributed by atoms with Crippen molar-refractivity contribution in [2.45, 2.75) is 11.5 Å². The Morgan fingerprint density at radius 1 is 1.08 bits per heavy atom. The van der Waals surface area contributed by atoms with E-state index in [1.807, 2.05) is 36.4 Å². The quantitative estimate of drug-likeness (QED) is 0.851. The standard InChI is InChI=1S/C19H19NO5S/c21-18(20-10-19(22)11-26(23,24)12-19)25-9-17-15-7-3-1-5-13(15)14-6-2-4-8-16(14)17/h1-8,17,22H,9-12H2,(H,20,21). The molecule has 6 nitrogen and oxygen atoms in total. The van der Waals surface area contributed by atoms with Crippen LogP contribution in [0.1, 0.15) is 17.0 Å². The summed E-state index contributed by atoms with van der Waals surface area (Å²) in [4.78, 5) is 12.0. The first-order valence-electron chi connectivity index (χ1n) is 8.39. The second-order valence-corrected chi connectivity index (χ2v) is 9.00. The lowest BCUT2D eigenvalue weighted by atomic mass is 9.98. The van der Waals surface area contributed by atoms with Crippen molar-refractivity contribution in [1.29, 1.82) is 0 Å². The number of rotatable bonds is 4. The van der Waals surface area contributed by atoms with Gasteiger partial charge in [-0.3, -0.25) is 0 Å². The highest BCUT2D eigenvalue weighted by Gasteiger charge is 2.47. The van der Waals surface area contributed by atoms with Gasteiger partial charge in [0.05, 0.1) is 18.1 Å². The van der Waals surface area contributed by atoms with E-state index in [2.05, 4.69) is 17.4 Å². The van der Waals surface area contributed by atoms with Crippen LogP contribution >= 0.6 is 0 Å². The number of ether oxygens (including phenoxy) is 1. The number of aliphatic hydroxyl groups is 1. The highest BCUT2D eigenvalue weighted by Crippen LogP contribution is 2.44. The highest BCUT2D eigenvalue weighted by atomic mass is 32.2. The summed E-state index contributed by atoms with van der Waals surface area (Å²) in [5, 5.41) is 12.4. The second kappa shape index (κ2) is 6.10. The molecule has 0 aromatic heterocycles. The third kappa shape index (κ3) is 3.08. The number of sulfone groups is 1. The van der Waals surface area contributed by atoms with Gasteiger partial charge >= 0.3 is 6.09 Å². The van der Waals surface area contributed by atoms with Crippen LogP contribution in [0.25, 0.3) is 11.1 Å². The number of alkyl carbamates (subject to hydrolysis) is 1. The van der Waals surface area contributed by atoms with Crippen molar-refractivity contribution < 1.29 is 23.1 Å². The molecule has 0 bridgehead atoms. The second-order valence-electron chi connectivity index (χ2n) is 6.94. The topological polar surface area (TPSA) is 92.7 Å². The fraction of sp³-hybridized carbons (Fsp3) is 0.316. The Bertz CT molecular complexity index is 912. The molecule has 2 N–H and O–H groups in total. The average Bonchev–Trinajstić information content (AvgIpc) is 2.90. The van der Waals surface area contributed by atoms with Crippen molar-refractivity contribution in [3.8, 4) is 11.1 Å². The minimum absolute atomic E-state index is 0.0414. The Morgan fingerprint density at radius 3 is 2.15 bits per heavy atom. The van der Waals surface area contributed by atoms with E-state index in [0.29, 0.717) is 0 Å². The molecule has 0 unspecified atom stereocenters. The van der Waals surface area contributed by atoms with Crippen LogP contribution in [0.5, 0.6) is 0 Å². The van der Waals surface area contributed by atoms with Gasteiger partial charge in [-0.15, -0.1) is 0 Å². The SMILES string of the molecule is O=C(NCC1(O)CS(=O)(=O)C1)OCC1c2ccccc2-c2ccccc21. The molecule has 4 rings (SSSR count). The molecule has 136 valence electrons. The molecule has 2 aliphatic rings. The molecule has 1 aliphatic carbocycles. The number of benzene rings is 2. The zero-order valence-corrected chi connectivity index (χ0v) is 14.8. The van der Waals surface area contributed by atoms with E-state index in [1.165, 1.54) is 0 Å². The van der Waals surface area contributed by atoms with Gasteiger partial charge in [0.25, 0.3) is 0 Å². The number of amides is 1. The normalized spacial score (nSPS) is 19.1. The van der Waals surface area contributed by atoms with E-state index < -0.39 is 21.5 Å². The van der Waals surface area contributed by atoms with E-state index in [-0.39, 0.29) is 30.6 Å². The van der Waals surface area contributed by atoms with E-state index in [0.717, 1.165) is 22.3 Å². The van der Waals surface area contributed by atoms with Crippen molar-refractivity contribution in [2.24, 2.45) is 0 Å². The lowest BCUT2D eigenvalue weighted by molar-refractivity contribution is 0.0659. The smallest absolute Gasteiger partial charge is 0.407 e. The Labute approximate surface area is 151 Å². The number of hydrogen-bond acceptors (Lipinski definition) is 5. The van der Waals surface area contributed by atoms with Crippen LogP contribution in [0.3, 0.4) is 0 Å². The van der Waals surface area contributed by atoms with Gasteiger partial charge in [-0.05, 0) is 22.3 Å². The van der Waals surface area contributed by atoms with Crippen molar-refractivity contribution in [3.63, 3.8) is 0 Å². The molecular formula is C19H19NO5S. The number of carbonyl (C=O) groups is 1. The first-order chi connectivity index (χ1) is 12.4. The molecule has 7 heteroatoms. The van der Waals surface area contributed by atoms with Crippen LogP contribution in [-0.4, -0.2) is 49.9 Å². The lowest BCUT2D eigenvalue weighted by Crippen LogP contribution is -2.60. The maximum absolute atomic E-state index is 12.0. The van der Waals surface area contributed by atoms with Gasteiger partial charge in [0.1, 0.15) is 12.2 Å². The number of hydrogen-bond donors (Lipinski definition) is 2. The van der Waals surface area contributed by atoms with Gasteiger partial charge in [-0.2, -0.15) is 0 Å². The molecule has 1 aliphatic heterocycles. The molecule has 1 fully saturated rings. The summed E-state index contributed by atoms with van der Waals surface area (Å²) >= 11 is 0. The summed E-state index contributed by atoms with van der Waals surface area (Å²) in [6.45, 7) is 0.0412. The van der Waals surface area contributed by atoms with Crippen LogP contribution in [0, 0.1) is 0 Å². The zero-order valence-electron chi connectivity index (χ0n) is 14.0. The summed E-state index contributed by atoms with van der Waals surface area (Å²) in [5.74, 6) is -0.701. The Kier molecular flexibility index (Phi) is 4.00. The summed E-state index contributed by atoms with van der Waals surface area (Å²) in [7, 11) is -3.17. The van der Waals surface area contributed by atoms with Crippen molar-refractivity contribution in [1.82, 2.24) is 5.32 Å². The highest BCUT2D eigenvalue weighted by molar-refractivity contribution is 7.93. The zero-order chi connectivity index (χ0) is 18.4. The predicted molar refractivity (Wildman–Crippen MR) is 96.7 cm³/mol. The molecule has 0 spiro atoms. The van der Waals surface area contributed by atoms with Crippen LogP contribution in [-0.2, 0) is 14.6 Å². The number of fused-ring (bicyclic) bond motifs is 3. The third-order valence-corrected chi connectivity index (χ3v) is 6.84. The van der Waals surface area contributed by atoms with Crippen molar-refractivity contribution in [2.75, 3.05) is 24.7 Å². The van der Waals surface area contributed by atoms with Crippen LogP contribution in [0.4, 0.5) is 4.79 Å². The van der Waals surface area contributed by atoms with Crippen molar-refractivity contribution >= 4 is 15.9 Å². The average molecular weight is 373 g/mol. The van der Waals surface area contributed by atoms with Gasteiger partial charge in [0.2, 0.25) is 0 Å². The molecule has 2 aromatic rings. The number of nitrogens with one attached hydrogen (secondary N) is 1. The summed E-state index contributed by atoms with van der Waals surface area (Å²) in [6.07, 6.45) is -0.662. The lowest BCUT2D eigenvalue weighted by Gasteiger charge is -2.35. The molecule has 0 saturated carbocycles. The molecule has 0 radical (unpaired) electrons. The minimum atomic E-state index is -3.17. The predicted octanol–water partition coefficient (Wildman–Crippen LogP) is 1.68. The molecule has 1 heterocycles. The first-order valence-corrected chi connectivity index (χ1v) is 10.2. The van der Waals surface area contributed by atoms with Crippen LogP contribution < -0.4 is 5.32 Å². The van der Waals surface area contributed by atoms with E-state index in [9.17, 15) is 18.3 Å². The molecule has 1 saturated heterocycles. The van der Waals surface area contributed by atoms with Gasteiger partial charge in [0.15, 0.2) is 9.84 Å². The van der Waals surface area contributed by atoms with E-state index >= 15 is 0 Å². The maximum Gasteiger partial charge on any atom is 0.407 e. The van der Waals surface area contributed by atoms with E-state index in [1.54, 1.807) is 0 Å². The molecule has 2 aromatic carbocycles. The first kappa shape index (κ1) is 17.1. The maximum atomic E-state index is 12.0. The van der Waals surface area contributed by atoms with Gasteiger partial charge < -0.3 is 15.2 Å². The van der Waals surface area contributed by atoms with Crippen LogP contribution in [0.2, 0.25) is 0 Å². The molecule has 26 heavy (non-hydrogen) atoms. The fourth-order valence-corrected chi connectivity index (χ4v) is 5.52. The summed E-state index contributed by atoms with van der Waals surface area (Å²) in [6, 6.07) is 16.1. The Balaban J connectivity index is 1.40. The Hall–Kier alpha value is -2.38. The van der Waals surface area contributed by atoms with Gasteiger partial charge in [-0.25, -0.2) is 13.2 Å². The van der Waals surface area contributed by atoms with Gasteiger partial charge in [-0.1, -0.05) is 48.5 Å². The monoisotopic (exact) mass is 373 g/mol. The fourth-order valence-electron chi connectivity index (χ4n) is 3.76. The van der Waals surface area contributed by atoms with Gasteiger partial charge in [0, 0.05) is 5.92 Å². The summed E-state index contributed by atoms with van der Waals surface area (Å²) < 4.78 is 27.7.